The third-order valence-corrected chi connectivity index (χ3v) is 9.76. The molecule has 210 valence electrons. The van der Waals surface area contributed by atoms with Crippen molar-refractivity contribution in [2.24, 2.45) is 5.41 Å². The van der Waals surface area contributed by atoms with E-state index >= 15 is 0 Å². The van der Waals surface area contributed by atoms with Crippen LogP contribution in [0.1, 0.15) is 29.5 Å². The smallest absolute Gasteiger partial charge is 0.407 e. The van der Waals surface area contributed by atoms with Crippen LogP contribution in [0.4, 0.5) is 10.5 Å². The summed E-state index contributed by atoms with van der Waals surface area (Å²) in [6.07, 6.45) is 0.267. The molecule has 7 rings (SSSR count). The summed E-state index contributed by atoms with van der Waals surface area (Å²) in [6.45, 7) is 1.24. The molecule has 0 bridgehead atoms. The Morgan fingerprint density at radius 1 is 0.810 bits per heavy atom. The Hall–Kier alpha value is -4.18. The molecular weight excluding hydrogens is 639 g/mol. The average Bonchev–Trinajstić information content (AvgIpc) is 3.71. The Kier molecular flexibility index (Phi) is 6.53. The molecule has 1 aromatic heterocycles. The standard InChI is InChI=1S/C34H29IN4O3/c35-30-28-22-27(38-21-19-33(31(38)40)18-20-37(23-33)32(41)42)16-17-29(28)39(36-30)34(24-10-4-1-5-11-24,25-12-6-2-7-13-25)26-14-8-3-9-15-26/h1-17,22H,18-21,23H2,(H,41,42). The van der Waals surface area contributed by atoms with Gasteiger partial charge in [-0.25, -0.2) is 9.48 Å². The van der Waals surface area contributed by atoms with Crippen LogP contribution in [0, 0.1) is 9.12 Å². The second kappa shape index (κ2) is 10.3. The van der Waals surface area contributed by atoms with E-state index in [1.807, 2.05) is 29.2 Å². The minimum atomic E-state index is -0.958. The number of amides is 2. The maximum atomic E-state index is 13.7. The van der Waals surface area contributed by atoms with E-state index in [1.165, 1.54) is 4.90 Å². The van der Waals surface area contributed by atoms with Crippen molar-refractivity contribution in [3.05, 3.63) is 130 Å². The lowest BCUT2D eigenvalue weighted by atomic mass is 9.77. The van der Waals surface area contributed by atoms with E-state index in [-0.39, 0.29) is 12.5 Å². The van der Waals surface area contributed by atoms with Crippen LogP contribution < -0.4 is 4.90 Å². The van der Waals surface area contributed by atoms with E-state index in [0.717, 1.165) is 37.0 Å². The summed E-state index contributed by atoms with van der Waals surface area (Å²) in [7, 11) is 0. The molecule has 5 aromatic rings. The molecule has 0 saturated carbocycles. The Labute approximate surface area is 257 Å². The fourth-order valence-electron chi connectivity index (χ4n) is 6.88. The number of fused-ring (bicyclic) bond motifs is 1. The summed E-state index contributed by atoms with van der Waals surface area (Å²) >= 11 is 2.30. The first-order chi connectivity index (χ1) is 20.4. The fraction of sp³-hybridized carbons (Fsp3) is 0.206. The molecular formula is C34H29IN4O3. The van der Waals surface area contributed by atoms with Gasteiger partial charge in [0.2, 0.25) is 5.91 Å². The van der Waals surface area contributed by atoms with Crippen LogP contribution >= 0.6 is 22.6 Å². The predicted molar refractivity (Wildman–Crippen MR) is 171 cm³/mol. The zero-order valence-electron chi connectivity index (χ0n) is 22.9. The first-order valence-corrected chi connectivity index (χ1v) is 15.2. The average molecular weight is 669 g/mol. The number of hydrogen-bond acceptors (Lipinski definition) is 3. The van der Waals surface area contributed by atoms with Crippen molar-refractivity contribution in [1.82, 2.24) is 14.7 Å². The molecule has 42 heavy (non-hydrogen) atoms. The van der Waals surface area contributed by atoms with E-state index < -0.39 is 17.0 Å². The molecule has 2 aliphatic heterocycles. The summed E-state index contributed by atoms with van der Waals surface area (Å²) in [6, 6.07) is 37.5. The second-order valence-corrected chi connectivity index (χ2v) is 12.2. The Bertz CT molecular complexity index is 1700. The molecule has 3 heterocycles. The van der Waals surface area contributed by atoms with Crippen molar-refractivity contribution in [1.29, 1.82) is 0 Å². The lowest BCUT2D eigenvalue weighted by molar-refractivity contribution is -0.124. The number of carbonyl (C=O) groups excluding carboxylic acids is 1. The van der Waals surface area contributed by atoms with Gasteiger partial charge in [-0.1, -0.05) is 91.0 Å². The van der Waals surface area contributed by atoms with Crippen molar-refractivity contribution in [2.75, 3.05) is 24.5 Å². The van der Waals surface area contributed by atoms with Gasteiger partial charge in [0.1, 0.15) is 9.24 Å². The lowest BCUT2D eigenvalue weighted by Gasteiger charge is -2.37. The van der Waals surface area contributed by atoms with E-state index in [1.54, 1.807) is 0 Å². The monoisotopic (exact) mass is 668 g/mol. The Balaban J connectivity index is 1.39. The number of likely N-dealkylation sites (tertiary alicyclic amines) is 1. The van der Waals surface area contributed by atoms with Crippen molar-refractivity contribution < 1.29 is 14.7 Å². The maximum absolute atomic E-state index is 13.7. The minimum absolute atomic E-state index is 0.0141. The first kappa shape index (κ1) is 26.7. The number of carboxylic acid groups (broad SMARTS) is 1. The molecule has 2 amide bonds. The Morgan fingerprint density at radius 3 is 1.88 bits per heavy atom. The normalized spacial score (nSPS) is 18.8. The SMILES string of the molecule is O=C(O)N1CCC2(CCN(c3ccc4c(c3)c(I)nn4C(c3ccccc3)(c3ccccc3)c3ccccc3)C2=O)C1. The van der Waals surface area contributed by atoms with Gasteiger partial charge in [0.15, 0.2) is 0 Å². The summed E-state index contributed by atoms with van der Waals surface area (Å²) in [5.41, 5.74) is 3.67. The number of halogens is 1. The highest BCUT2D eigenvalue weighted by Gasteiger charge is 2.52. The molecule has 0 radical (unpaired) electrons. The van der Waals surface area contributed by atoms with Gasteiger partial charge >= 0.3 is 6.09 Å². The number of rotatable bonds is 5. The number of carbonyl (C=O) groups is 2. The van der Waals surface area contributed by atoms with Crippen LogP contribution in [-0.2, 0) is 10.3 Å². The molecule has 2 aliphatic rings. The highest BCUT2D eigenvalue weighted by molar-refractivity contribution is 14.1. The number of aromatic nitrogens is 2. The highest BCUT2D eigenvalue weighted by atomic mass is 127. The van der Waals surface area contributed by atoms with Gasteiger partial charge < -0.3 is 14.9 Å². The van der Waals surface area contributed by atoms with Crippen LogP contribution in [-0.4, -0.2) is 51.4 Å². The van der Waals surface area contributed by atoms with Gasteiger partial charge in [-0.05, 0) is 70.3 Å². The number of hydrogen-bond donors (Lipinski definition) is 1. The molecule has 7 nitrogen and oxygen atoms in total. The minimum Gasteiger partial charge on any atom is -0.465 e. The molecule has 2 fully saturated rings. The number of benzene rings is 4. The van der Waals surface area contributed by atoms with Crippen LogP contribution in [0.5, 0.6) is 0 Å². The third kappa shape index (κ3) is 4.03. The lowest BCUT2D eigenvalue weighted by Crippen LogP contribution is -2.38. The maximum Gasteiger partial charge on any atom is 0.407 e. The molecule has 0 aliphatic carbocycles. The van der Waals surface area contributed by atoms with Gasteiger partial charge in [-0.15, -0.1) is 0 Å². The van der Waals surface area contributed by atoms with E-state index in [0.29, 0.717) is 25.9 Å². The number of anilines is 1. The number of nitrogens with zero attached hydrogens (tertiary/aromatic N) is 4. The molecule has 4 aromatic carbocycles. The molecule has 8 heteroatoms. The van der Waals surface area contributed by atoms with Crippen molar-refractivity contribution in [2.45, 2.75) is 18.4 Å². The topological polar surface area (TPSA) is 78.7 Å². The van der Waals surface area contributed by atoms with Crippen LogP contribution in [0.2, 0.25) is 0 Å². The quantitative estimate of drug-likeness (QED) is 0.170. The van der Waals surface area contributed by atoms with Crippen molar-refractivity contribution in [3.8, 4) is 0 Å². The van der Waals surface area contributed by atoms with Gasteiger partial charge in [0.05, 0.1) is 10.9 Å². The molecule has 1 spiro atoms. The van der Waals surface area contributed by atoms with Gasteiger partial charge in [-0.3, -0.25) is 4.79 Å². The summed E-state index contributed by atoms with van der Waals surface area (Å²) in [5, 5.41) is 15.7. The zero-order chi connectivity index (χ0) is 28.9. The van der Waals surface area contributed by atoms with Crippen LogP contribution in [0.15, 0.2) is 109 Å². The predicted octanol–water partition coefficient (Wildman–Crippen LogP) is 6.59. The molecule has 1 unspecified atom stereocenters. The fourth-order valence-corrected chi connectivity index (χ4v) is 7.53. The van der Waals surface area contributed by atoms with Crippen LogP contribution in [0.25, 0.3) is 10.9 Å². The summed E-state index contributed by atoms with van der Waals surface area (Å²) in [5.74, 6) is 0.0141. The molecule has 1 N–H and O–H groups in total. The second-order valence-electron chi connectivity index (χ2n) is 11.2. The first-order valence-electron chi connectivity index (χ1n) is 14.1. The van der Waals surface area contributed by atoms with Gasteiger partial charge in [0.25, 0.3) is 0 Å². The molecule has 1 atom stereocenters. The Morgan fingerprint density at radius 2 is 1.36 bits per heavy atom. The van der Waals surface area contributed by atoms with Crippen LogP contribution in [0.3, 0.4) is 0 Å². The zero-order valence-corrected chi connectivity index (χ0v) is 25.0. The van der Waals surface area contributed by atoms with Crippen molar-refractivity contribution in [3.63, 3.8) is 0 Å². The highest BCUT2D eigenvalue weighted by Crippen LogP contribution is 2.45. The van der Waals surface area contributed by atoms with E-state index in [4.69, 9.17) is 5.10 Å². The van der Waals surface area contributed by atoms with Crippen molar-refractivity contribution >= 4 is 51.2 Å². The van der Waals surface area contributed by atoms with E-state index in [2.05, 4.69) is 112 Å². The van der Waals surface area contributed by atoms with Gasteiger partial charge in [0, 0.05) is 30.7 Å². The summed E-state index contributed by atoms with van der Waals surface area (Å²) in [4.78, 5) is 28.5. The summed E-state index contributed by atoms with van der Waals surface area (Å²) < 4.78 is 2.97. The molecule has 2 saturated heterocycles. The third-order valence-electron chi connectivity index (χ3n) is 8.96. The van der Waals surface area contributed by atoms with E-state index in [9.17, 15) is 14.7 Å². The largest absolute Gasteiger partial charge is 0.465 e. The van der Waals surface area contributed by atoms with Gasteiger partial charge in [-0.2, -0.15) is 5.10 Å².